The van der Waals surface area contributed by atoms with E-state index in [1.54, 1.807) is 0 Å². The molecule has 0 atom stereocenters. The number of carbonyl (C=O) groups is 4. The van der Waals surface area contributed by atoms with E-state index in [2.05, 4.69) is 0 Å². The minimum atomic E-state index is -1.56. The van der Waals surface area contributed by atoms with Crippen molar-refractivity contribution in [3.63, 3.8) is 0 Å². The van der Waals surface area contributed by atoms with E-state index >= 15 is 0 Å². The van der Waals surface area contributed by atoms with Gasteiger partial charge in [-0.25, -0.2) is 14.4 Å². The molecule has 0 saturated heterocycles. The maximum absolute atomic E-state index is 13.2. The highest BCUT2D eigenvalue weighted by atomic mass is 16.6. The second-order valence-electron chi connectivity index (χ2n) is 10.2. The Kier molecular flexibility index (Phi) is 13.3. The first-order valence-electron chi connectivity index (χ1n) is 14.3. The fourth-order valence-corrected chi connectivity index (χ4v) is 4.30. The molecule has 14 nitrogen and oxygen atoms in total. The standard InChI is InChI=1S/C34H38O14/c1-21(35)45-17-34(18-46-31(36)22-8-11-25(39-2)28(14-22)42-5,19-47-32(37)23-9-12-26(40-3)29(15-23)43-6)20-48-33(38)24-10-13-27(41-4)30(16-24)44-7/h8-16H,17-20H2,1-7H3. The molecule has 0 unspecified atom stereocenters. The maximum atomic E-state index is 13.2. The maximum Gasteiger partial charge on any atom is 0.338 e. The quantitative estimate of drug-likeness (QED) is 0.149. The number of esters is 4. The Labute approximate surface area is 277 Å². The van der Waals surface area contributed by atoms with Gasteiger partial charge < -0.3 is 47.4 Å². The van der Waals surface area contributed by atoms with Crippen LogP contribution in [0.5, 0.6) is 34.5 Å². The summed E-state index contributed by atoms with van der Waals surface area (Å²) in [7, 11) is 8.59. The van der Waals surface area contributed by atoms with Gasteiger partial charge >= 0.3 is 23.9 Å². The van der Waals surface area contributed by atoms with Gasteiger partial charge in [0.15, 0.2) is 34.5 Å². The molecule has 0 radical (unpaired) electrons. The second kappa shape index (κ2) is 17.3. The topological polar surface area (TPSA) is 161 Å². The highest BCUT2D eigenvalue weighted by Gasteiger charge is 2.38. The first-order chi connectivity index (χ1) is 23.0. The monoisotopic (exact) mass is 670 g/mol. The van der Waals surface area contributed by atoms with Crippen molar-refractivity contribution >= 4 is 23.9 Å². The molecular formula is C34H38O14. The van der Waals surface area contributed by atoms with E-state index in [9.17, 15) is 19.2 Å². The molecule has 0 saturated carbocycles. The highest BCUT2D eigenvalue weighted by molar-refractivity contribution is 5.91. The minimum absolute atomic E-state index is 0.110. The van der Waals surface area contributed by atoms with Crippen LogP contribution in [0.2, 0.25) is 0 Å². The summed E-state index contributed by atoms with van der Waals surface area (Å²) in [5.74, 6) is -1.03. The fraction of sp³-hybridized carbons (Fsp3) is 0.353. The molecule has 14 heteroatoms. The zero-order valence-corrected chi connectivity index (χ0v) is 27.7. The van der Waals surface area contributed by atoms with Crippen LogP contribution >= 0.6 is 0 Å². The third-order valence-electron chi connectivity index (χ3n) is 6.97. The van der Waals surface area contributed by atoms with Crippen LogP contribution in [0.15, 0.2) is 54.6 Å². The molecule has 0 bridgehead atoms. The van der Waals surface area contributed by atoms with Crippen molar-refractivity contribution in [1.82, 2.24) is 0 Å². The first-order valence-corrected chi connectivity index (χ1v) is 14.3. The van der Waals surface area contributed by atoms with Crippen LogP contribution in [0.1, 0.15) is 38.0 Å². The third kappa shape index (κ3) is 9.44. The van der Waals surface area contributed by atoms with Gasteiger partial charge in [0.25, 0.3) is 0 Å². The molecule has 0 amide bonds. The summed E-state index contributed by atoms with van der Waals surface area (Å²) in [4.78, 5) is 51.5. The van der Waals surface area contributed by atoms with Crippen LogP contribution in [0.4, 0.5) is 0 Å². The van der Waals surface area contributed by atoms with Gasteiger partial charge in [-0.1, -0.05) is 0 Å². The second-order valence-corrected chi connectivity index (χ2v) is 10.2. The van der Waals surface area contributed by atoms with Gasteiger partial charge in [0.2, 0.25) is 0 Å². The van der Waals surface area contributed by atoms with Gasteiger partial charge in [-0.2, -0.15) is 0 Å². The molecule has 0 aromatic heterocycles. The van der Waals surface area contributed by atoms with Crippen molar-refractivity contribution in [2.75, 3.05) is 69.1 Å². The Morgan fingerprint density at radius 3 is 0.958 bits per heavy atom. The predicted molar refractivity (Wildman–Crippen MR) is 169 cm³/mol. The van der Waals surface area contributed by atoms with Crippen molar-refractivity contribution in [2.24, 2.45) is 5.41 Å². The normalized spacial score (nSPS) is 10.6. The summed E-state index contributed by atoms with van der Waals surface area (Å²) >= 11 is 0. The first kappa shape index (κ1) is 36.8. The molecule has 0 aliphatic carbocycles. The third-order valence-corrected chi connectivity index (χ3v) is 6.97. The molecular weight excluding hydrogens is 632 g/mol. The number of carbonyl (C=O) groups excluding carboxylic acids is 4. The van der Waals surface area contributed by atoms with Crippen molar-refractivity contribution in [1.29, 1.82) is 0 Å². The Bertz CT molecular complexity index is 1430. The lowest BCUT2D eigenvalue weighted by atomic mass is 9.92. The lowest BCUT2D eigenvalue weighted by molar-refractivity contribution is -0.148. The summed E-state index contributed by atoms with van der Waals surface area (Å²) in [6.45, 7) is -0.810. The molecule has 0 aliphatic heterocycles. The van der Waals surface area contributed by atoms with Crippen molar-refractivity contribution < 1.29 is 66.5 Å². The van der Waals surface area contributed by atoms with Crippen LogP contribution in [-0.4, -0.2) is 93.0 Å². The Balaban J connectivity index is 1.93. The van der Waals surface area contributed by atoms with E-state index in [-0.39, 0.29) is 33.9 Å². The Morgan fingerprint density at radius 1 is 0.438 bits per heavy atom. The molecule has 258 valence electrons. The smallest absolute Gasteiger partial charge is 0.338 e. The molecule has 0 aliphatic rings. The minimum Gasteiger partial charge on any atom is -0.493 e. The zero-order chi connectivity index (χ0) is 35.3. The van der Waals surface area contributed by atoms with E-state index < -0.39 is 55.7 Å². The van der Waals surface area contributed by atoms with Crippen LogP contribution in [-0.2, 0) is 23.7 Å². The van der Waals surface area contributed by atoms with Crippen LogP contribution in [0.25, 0.3) is 0 Å². The average Bonchev–Trinajstić information content (AvgIpc) is 3.12. The van der Waals surface area contributed by atoms with Gasteiger partial charge in [-0.3, -0.25) is 4.79 Å². The molecule has 3 aromatic rings. The molecule has 3 rings (SSSR count). The summed E-state index contributed by atoms with van der Waals surface area (Å²) in [6.07, 6.45) is 0. The summed E-state index contributed by atoms with van der Waals surface area (Å²) in [6, 6.07) is 13.2. The molecule has 0 N–H and O–H groups in total. The zero-order valence-electron chi connectivity index (χ0n) is 27.7. The molecule has 48 heavy (non-hydrogen) atoms. The number of ether oxygens (including phenoxy) is 10. The van der Waals surface area contributed by atoms with Crippen molar-refractivity contribution in [3.05, 3.63) is 71.3 Å². The number of hydrogen-bond acceptors (Lipinski definition) is 14. The number of rotatable bonds is 17. The molecule has 0 heterocycles. The Morgan fingerprint density at radius 2 is 0.708 bits per heavy atom. The van der Waals surface area contributed by atoms with Gasteiger partial charge in [-0.15, -0.1) is 0 Å². The number of methoxy groups -OCH3 is 6. The van der Waals surface area contributed by atoms with Gasteiger partial charge in [0, 0.05) is 6.92 Å². The van der Waals surface area contributed by atoms with Gasteiger partial charge in [0.1, 0.15) is 31.8 Å². The molecule has 3 aromatic carbocycles. The number of benzene rings is 3. The molecule has 0 fully saturated rings. The van der Waals surface area contributed by atoms with E-state index in [0.717, 1.165) is 0 Å². The van der Waals surface area contributed by atoms with Crippen LogP contribution < -0.4 is 28.4 Å². The lowest BCUT2D eigenvalue weighted by Crippen LogP contribution is -2.44. The average molecular weight is 671 g/mol. The summed E-state index contributed by atoms with van der Waals surface area (Å²) < 4.78 is 53.7. The molecule has 0 spiro atoms. The largest absolute Gasteiger partial charge is 0.493 e. The van der Waals surface area contributed by atoms with Crippen molar-refractivity contribution in [2.45, 2.75) is 6.92 Å². The SMILES string of the molecule is COc1ccc(C(=O)OCC(COC(C)=O)(COC(=O)c2ccc(OC)c(OC)c2)COC(=O)c2ccc(OC)c(OC)c2)cc1OC. The lowest BCUT2D eigenvalue weighted by Gasteiger charge is -2.31. The van der Waals surface area contributed by atoms with Crippen LogP contribution in [0, 0.1) is 5.41 Å². The van der Waals surface area contributed by atoms with Crippen LogP contribution in [0.3, 0.4) is 0 Å². The van der Waals surface area contributed by atoms with E-state index in [1.807, 2.05) is 0 Å². The summed E-state index contributed by atoms with van der Waals surface area (Å²) in [5, 5.41) is 0. The fourth-order valence-electron chi connectivity index (χ4n) is 4.30. The van der Waals surface area contributed by atoms with E-state index in [1.165, 1.54) is 104 Å². The summed E-state index contributed by atoms with van der Waals surface area (Å²) in [5.41, 5.74) is -1.23. The van der Waals surface area contributed by atoms with Crippen molar-refractivity contribution in [3.8, 4) is 34.5 Å². The highest BCUT2D eigenvalue weighted by Crippen LogP contribution is 2.31. The van der Waals surface area contributed by atoms with Gasteiger partial charge in [0.05, 0.1) is 59.3 Å². The number of hydrogen-bond donors (Lipinski definition) is 0. The predicted octanol–water partition coefficient (Wildman–Crippen LogP) is 4.16. The van der Waals surface area contributed by atoms with Gasteiger partial charge in [-0.05, 0) is 54.6 Å². The Hall–Kier alpha value is -5.66. The van der Waals surface area contributed by atoms with E-state index in [0.29, 0.717) is 17.2 Å². The van der Waals surface area contributed by atoms with E-state index in [4.69, 9.17) is 47.4 Å².